The van der Waals surface area contributed by atoms with Crippen LogP contribution in [0.1, 0.15) is 52.9 Å². The standard InChI is InChI=1S/C32H33FN4O3/c1-17-8-10-21-24(12-17)30(28-25(33)6-5-7-26(28)39-3)34-15-19-16-35-32(37-29(19)21)36-20-9-11-22(27(14-20)40-4)31(38)23-13-18(23)2/h5,7-12,14,16,18,23,25,30,34H,6,13,15H2,1-4H3,(H,35,36,37). The summed E-state index contributed by atoms with van der Waals surface area (Å²) in [5.74, 6) is 2.13. The molecule has 40 heavy (non-hydrogen) atoms. The number of hydrogen-bond donors (Lipinski definition) is 2. The second-order valence-electron chi connectivity index (χ2n) is 10.8. The number of alkyl halides is 1. The lowest BCUT2D eigenvalue weighted by Crippen LogP contribution is -2.28. The highest BCUT2D eigenvalue weighted by molar-refractivity contribution is 6.02. The van der Waals surface area contributed by atoms with E-state index in [0.29, 0.717) is 47.5 Å². The van der Waals surface area contributed by atoms with Gasteiger partial charge in [-0.25, -0.2) is 14.4 Å². The van der Waals surface area contributed by atoms with E-state index < -0.39 is 6.17 Å². The Labute approximate surface area is 233 Å². The van der Waals surface area contributed by atoms with E-state index in [4.69, 9.17) is 14.5 Å². The van der Waals surface area contributed by atoms with Crippen LogP contribution in [0.4, 0.5) is 16.0 Å². The van der Waals surface area contributed by atoms with Gasteiger partial charge < -0.3 is 20.1 Å². The van der Waals surface area contributed by atoms with Crippen LogP contribution < -0.4 is 15.4 Å². The highest BCUT2D eigenvalue weighted by Gasteiger charge is 2.40. The molecule has 1 saturated carbocycles. The average molecular weight is 541 g/mol. The highest BCUT2D eigenvalue weighted by Crippen LogP contribution is 2.43. The van der Waals surface area contributed by atoms with Gasteiger partial charge in [0, 0.05) is 53.5 Å². The fraction of sp³-hybridized carbons (Fsp3) is 0.344. The summed E-state index contributed by atoms with van der Waals surface area (Å²) in [5, 5.41) is 6.82. The molecule has 2 aliphatic carbocycles. The van der Waals surface area contributed by atoms with Crippen LogP contribution in [0.25, 0.3) is 11.3 Å². The minimum absolute atomic E-state index is 0.0785. The molecule has 7 nitrogen and oxygen atoms in total. The van der Waals surface area contributed by atoms with Gasteiger partial charge in [0.25, 0.3) is 0 Å². The van der Waals surface area contributed by atoms with Crippen molar-refractivity contribution in [3.05, 3.63) is 88.3 Å². The van der Waals surface area contributed by atoms with Crippen LogP contribution in [0, 0.1) is 18.8 Å². The quantitative estimate of drug-likeness (QED) is 0.336. The number of aromatic nitrogens is 2. The van der Waals surface area contributed by atoms with Gasteiger partial charge in [-0.1, -0.05) is 36.8 Å². The van der Waals surface area contributed by atoms with E-state index in [1.165, 1.54) is 0 Å². The Balaban J connectivity index is 1.36. The zero-order chi connectivity index (χ0) is 28.0. The van der Waals surface area contributed by atoms with Crippen molar-refractivity contribution < 1.29 is 18.7 Å². The van der Waals surface area contributed by atoms with Crippen molar-refractivity contribution in [2.24, 2.45) is 11.8 Å². The molecule has 2 N–H and O–H groups in total. The van der Waals surface area contributed by atoms with Gasteiger partial charge in [0.15, 0.2) is 5.78 Å². The molecule has 3 aliphatic rings. The lowest BCUT2D eigenvalue weighted by Gasteiger charge is -2.28. The van der Waals surface area contributed by atoms with Crippen molar-refractivity contribution >= 4 is 17.4 Å². The number of benzene rings is 2. The van der Waals surface area contributed by atoms with Crippen molar-refractivity contribution in [2.75, 3.05) is 19.5 Å². The van der Waals surface area contributed by atoms with Crippen LogP contribution in [0.2, 0.25) is 0 Å². The number of Topliss-reactive ketones (excluding diaryl/α,β-unsaturated/α-hetero) is 1. The minimum atomic E-state index is -1.15. The number of hydrogen-bond acceptors (Lipinski definition) is 7. The second kappa shape index (κ2) is 10.5. The molecule has 1 aromatic heterocycles. The van der Waals surface area contributed by atoms with Gasteiger partial charge in [-0.3, -0.25) is 4.79 Å². The fourth-order valence-corrected chi connectivity index (χ4v) is 5.74. The number of aryl methyl sites for hydroxylation is 1. The maximum absolute atomic E-state index is 15.3. The van der Waals surface area contributed by atoms with Crippen LogP contribution in [0.15, 0.2) is 66.1 Å². The number of allylic oxidation sites excluding steroid dienone is 2. The van der Waals surface area contributed by atoms with Gasteiger partial charge in [0.1, 0.15) is 17.7 Å². The number of ketones is 1. The number of ether oxygens (including phenoxy) is 2. The molecule has 3 aromatic rings. The predicted octanol–water partition coefficient (Wildman–Crippen LogP) is 6.39. The second-order valence-corrected chi connectivity index (χ2v) is 10.8. The molecular weight excluding hydrogens is 507 g/mol. The van der Waals surface area contributed by atoms with E-state index >= 15 is 4.39 Å². The number of carbonyl (C=O) groups excluding carboxylic acids is 1. The van der Waals surface area contributed by atoms with Crippen molar-refractivity contribution in [2.45, 2.75) is 45.4 Å². The van der Waals surface area contributed by atoms with Gasteiger partial charge in [0.05, 0.1) is 31.5 Å². The van der Waals surface area contributed by atoms with E-state index in [2.05, 4.69) is 28.6 Å². The Bertz CT molecular complexity index is 1550. The van der Waals surface area contributed by atoms with Gasteiger partial charge in [-0.15, -0.1) is 0 Å². The third kappa shape index (κ3) is 4.77. The van der Waals surface area contributed by atoms with Crippen molar-refractivity contribution in [3.8, 4) is 17.0 Å². The van der Waals surface area contributed by atoms with Crippen molar-refractivity contribution in [1.29, 1.82) is 0 Å². The van der Waals surface area contributed by atoms with Crippen LogP contribution in [-0.4, -0.2) is 36.1 Å². The molecule has 0 amide bonds. The Morgan fingerprint density at radius 2 is 1.98 bits per heavy atom. The van der Waals surface area contributed by atoms with E-state index in [1.54, 1.807) is 32.5 Å². The first-order valence-electron chi connectivity index (χ1n) is 13.7. The fourth-order valence-electron chi connectivity index (χ4n) is 5.74. The van der Waals surface area contributed by atoms with Crippen LogP contribution in [0.3, 0.4) is 0 Å². The normalized spacial score (nSPS) is 23.1. The number of nitrogens with one attached hydrogen (secondary N) is 2. The summed E-state index contributed by atoms with van der Waals surface area (Å²) >= 11 is 0. The van der Waals surface area contributed by atoms with Gasteiger partial charge in [-0.2, -0.15) is 0 Å². The van der Waals surface area contributed by atoms with E-state index in [-0.39, 0.29) is 17.7 Å². The summed E-state index contributed by atoms with van der Waals surface area (Å²) < 4.78 is 26.5. The summed E-state index contributed by atoms with van der Waals surface area (Å²) in [6.45, 7) is 4.59. The van der Waals surface area contributed by atoms with E-state index in [9.17, 15) is 4.79 Å². The summed E-state index contributed by atoms with van der Waals surface area (Å²) in [7, 11) is 3.15. The molecule has 0 spiro atoms. The highest BCUT2D eigenvalue weighted by atomic mass is 19.1. The number of methoxy groups -OCH3 is 2. The van der Waals surface area contributed by atoms with Crippen molar-refractivity contribution in [1.82, 2.24) is 15.3 Å². The van der Waals surface area contributed by atoms with Gasteiger partial charge >= 0.3 is 0 Å². The minimum Gasteiger partial charge on any atom is -0.497 e. The third-order valence-electron chi connectivity index (χ3n) is 8.07. The number of halogens is 1. The van der Waals surface area contributed by atoms with Gasteiger partial charge in [-0.05, 0) is 43.0 Å². The largest absolute Gasteiger partial charge is 0.497 e. The molecule has 4 atom stereocenters. The predicted molar refractivity (Wildman–Crippen MR) is 152 cm³/mol. The molecule has 1 fully saturated rings. The van der Waals surface area contributed by atoms with Crippen molar-refractivity contribution in [3.63, 3.8) is 0 Å². The monoisotopic (exact) mass is 540 g/mol. The van der Waals surface area contributed by atoms with Crippen LogP contribution in [-0.2, 0) is 11.3 Å². The molecule has 0 saturated heterocycles. The first-order valence-corrected chi connectivity index (χ1v) is 13.7. The molecule has 206 valence electrons. The van der Waals surface area contributed by atoms with E-state index in [1.807, 2.05) is 37.3 Å². The molecule has 2 heterocycles. The van der Waals surface area contributed by atoms with Crippen LogP contribution in [0.5, 0.6) is 5.75 Å². The molecule has 0 radical (unpaired) electrons. The maximum Gasteiger partial charge on any atom is 0.227 e. The lowest BCUT2D eigenvalue weighted by molar-refractivity contribution is 0.0959. The summed E-state index contributed by atoms with van der Waals surface area (Å²) in [6, 6.07) is 11.3. The smallest absolute Gasteiger partial charge is 0.227 e. The van der Waals surface area contributed by atoms with Gasteiger partial charge in [0.2, 0.25) is 5.95 Å². The zero-order valence-electron chi connectivity index (χ0n) is 23.1. The molecule has 0 bridgehead atoms. The Kier molecular flexibility index (Phi) is 6.88. The molecule has 4 unspecified atom stereocenters. The Morgan fingerprint density at radius 3 is 2.73 bits per heavy atom. The number of rotatable bonds is 7. The molecule has 1 aliphatic heterocycles. The number of carbonyl (C=O) groups is 1. The first-order chi connectivity index (χ1) is 19.4. The third-order valence-corrected chi connectivity index (χ3v) is 8.07. The SMILES string of the molecule is COC1=C(C2NCc3cnc(Nc4ccc(C(=O)C5CC5C)c(OC)c4)nc3-c3ccc(C)cc32)C(F)CC=C1. The maximum atomic E-state index is 15.3. The first kappa shape index (κ1) is 26.2. The molecule has 6 rings (SSSR count). The Hall–Kier alpha value is -4.04. The number of anilines is 2. The summed E-state index contributed by atoms with van der Waals surface area (Å²) in [5.41, 5.74) is 6.55. The van der Waals surface area contributed by atoms with Crippen LogP contribution >= 0.6 is 0 Å². The Morgan fingerprint density at radius 1 is 1.15 bits per heavy atom. The zero-order valence-corrected chi connectivity index (χ0v) is 23.1. The van der Waals surface area contributed by atoms with E-state index in [0.717, 1.165) is 40.1 Å². The topological polar surface area (TPSA) is 85.4 Å². The summed E-state index contributed by atoms with van der Waals surface area (Å²) in [6.07, 6.45) is 5.55. The molecule has 8 heteroatoms. The number of nitrogens with zero attached hydrogens (tertiary/aromatic N) is 2. The molecule has 2 aromatic carbocycles. The lowest BCUT2D eigenvalue weighted by atomic mass is 9.87. The molecular formula is C32H33FN4O3. The summed E-state index contributed by atoms with van der Waals surface area (Å²) in [4.78, 5) is 22.3. The number of fused-ring (bicyclic) bond motifs is 3. The average Bonchev–Trinajstić information content (AvgIpc) is 3.72.